The number of nitrogens with zero attached hydrogens (tertiary/aromatic N) is 5. The minimum absolute atomic E-state index is 0.0307. The Morgan fingerprint density at radius 1 is 1.11 bits per heavy atom. The van der Waals surface area contributed by atoms with Crippen LogP contribution in [0.3, 0.4) is 0 Å². The summed E-state index contributed by atoms with van der Waals surface area (Å²) in [6.45, 7) is 0.807. The number of hydrogen-bond acceptors (Lipinski definition) is 5. The van der Waals surface area contributed by atoms with Gasteiger partial charge in [0.25, 0.3) is 0 Å². The molecule has 0 aliphatic carbocycles. The van der Waals surface area contributed by atoms with E-state index in [1.807, 2.05) is 18.2 Å². The van der Waals surface area contributed by atoms with Crippen molar-refractivity contribution in [1.29, 1.82) is 0 Å². The van der Waals surface area contributed by atoms with Crippen LogP contribution >= 0.6 is 0 Å². The van der Waals surface area contributed by atoms with E-state index in [-0.39, 0.29) is 22.1 Å². The average molecular weight is 505 g/mol. The highest BCUT2D eigenvalue weighted by Crippen LogP contribution is 2.31. The number of nitrogens with one attached hydrogen (secondary N) is 1. The zero-order valence-electron chi connectivity index (χ0n) is 19.0. The van der Waals surface area contributed by atoms with Crippen LogP contribution < -0.4 is 9.62 Å². The van der Waals surface area contributed by atoms with E-state index in [1.54, 1.807) is 23.0 Å². The standard InChI is InChI=1S/C23H23F3N6O2S/c1-14-22(15(2)31(28-14)23(25)26)35(33,34)29-17-10-11-30(13-17)20-4-3-5-21-19(20)12-27-32(21)18-8-6-16(24)7-9-18/h3-9,12,17,23,29H,10-11,13H2,1-2H3/t17-/m0/s1. The largest absolute Gasteiger partial charge is 0.369 e. The average Bonchev–Trinajstić information content (AvgIpc) is 3.51. The molecule has 184 valence electrons. The van der Waals surface area contributed by atoms with E-state index in [4.69, 9.17) is 0 Å². The molecular weight excluding hydrogens is 481 g/mol. The molecule has 1 aliphatic heterocycles. The van der Waals surface area contributed by atoms with Crippen molar-refractivity contribution < 1.29 is 21.6 Å². The molecule has 2 aromatic heterocycles. The van der Waals surface area contributed by atoms with Gasteiger partial charge in [0.1, 0.15) is 10.7 Å². The zero-order valence-corrected chi connectivity index (χ0v) is 19.8. The number of benzene rings is 2. The van der Waals surface area contributed by atoms with E-state index in [2.05, 4.69) is 19.8 Å². The van der Waals surface area contributed by atoms with Crippen LogP contribution in [0.2, 0.25) is 0 Å². The molecule has 1 fully saturated rings. The van der Waals surface area contributed by atoms with Crippen molar-refractivity contribution in [3.63, 3.8) is 0 Å². The monoisotopic (exact) mass is 504 g/mol. The first-order valence-corrected chi connectivity index (χ1v) is 12.5. The van der Waals surface area contributed by atoms with Gasteiger partial charge in [-0.3, -0.25) is 0 Å². The minimum atomic E-state index is -4.04. The SMILES string of the molecule is Cc1nn(C(F)F)c(C)c1S(=O)(=O)N[C@H]1CCN(c2cccc3c2cnn3-c2ccc(F)cc2)C1. The van der Waals surface area contributed by atoms with Gasteiger partial charge in [0.15, 0.2) is 0 Å². The van der Waals surface area contributed by atoms with Gasteiger partial charge >= 0.3 is 6.55 Å². The van der Waals surface area contributed by atoms with Gasteiger partial charge in [-0.1, -0.05) is 6.07 Å². The Morgan fingerprint density at radius 2 is 1.86 bits per heavy atom. The van der Waals surface area contributed by atoms with Crippen LogP contribution in [-0.4, -0.2) is 47.1 Å². The van der Waals surface area contributed by atoms with E-state index in [0.717, 1.165) is 22.3 Å². The lowest BCUT2D eigenvalue weighted by molar-refractivity contribution is 0.0538. The number of fused-ring (bicyclic) bond motifs is 1. The highest BCUT2D eigenvalue weighted by Gasteiger charge is 2.32. The summed E-state index contributed by atoms with van der Waals surface area (Å²) in [6.07, 6.45) is 2.28. The maximum absolute atomic E-state index is 13.3. The van der Waals surface area contributed by atoms with Crippen molar-refractivity contribution in [1.82, 2.24) is 24.3 Å². The van der Waals surface area contributed by atoms with Gasteiger partial charge in [0.05, 0.1) is 28.8 Å². The summed E-state index contributed by atoms with van der Waals surface area (Å²) in [4.78, 5) is 1.85. The summed E-state index contributed by atoms with van der Waals surface area (Å²) in [5, 5.41) is 9.03. The van der Waals surface area contributed by atoms with Crippen LogP contribution in [0.5, 0.6) is 0 Å². The smallest absolute Gasteiger partial charge is 0.333 e. The van der Waals surface area contributed by atoms with E-state index in [9.17, 15) is 21.6 Å². The van der Waals surface area contributed by atoms with Crippen molar-refractivity contribution in [2.45, 2.75) is 37.8 Å². The lowest BCUT2D eigenvalue weighted by atomic mass is 10.2. The summed E-state index contributed by atoms with van der Waals surface area (Å²) in [5.74, 6) is -0.330. The molecule has 0 bridgehead atoms. The molecule has 1 atom stereocenters. The third kappa shape index (κ3) is 4.16. The number of aromatic nitrogens is 4. The molecule has 0 saturated carbocycles. The second-order valence-corrected chi connectivity index (χ2v) is 10.2. The number of anilines is 1. The Kier molecular flexibility index (Phi) is 5.80. The second kappa shape index (κ2) is 8.68. The lowest BCUT2D eigenvalue weighted by Gasteiger charge is -2.20. The lowest BCUT2D eigenvalue weighted by Crippen LogP contribution is -2.37. The first-order valence-electron chi connectivity index (χ1n) is 11.0. The predicted octanol–water partition coefficient (Wildman–Crippen LogP) is 3.93. The van der Waals surface area contributed by atoms with Gasteiger partial charge in [-0.15, -0.1) is 0 Å². The fourth-order valence-electron chi connectivity index (χ4n) is 4.68. The molecule has 4 aromatic rings. The molecule has 0 spiro atoms. The molecule has 1 aliphatic rings. The first kappa shape index (κ1) is 23.4. The van der Waals surface area contributed by atoms with Gasteiger partial charge in [-0.05, 0) is 56.7 Å². The third-order valence-corrected chi connectivity index (χ3v) is 8.00. The summed E-state index contributed by atoms with van der Waals surface area (Å²) in [6, 6.07) is 11.4. The highest BCUT2D eigenvalue weighted by molar-refractivity contribution is 7.89. The highest BCUT2D eigenvalue weighted by atomic mass is 32.2. The Hall–Kier alpha value is -3.38. The number of hydrogen-bond donors (Lipinski definition) is 1. The van der Waals surface area contributed by atoms with Crippen LogP contribution in [0.1, 0.15) is 24.4 Å². The Bertz CT molecular complexity index is 1500. The first-order chi connectivity index (χ1) is 16.7. The molecule has 1 N–H and O–H groups in total. The molecule has 12 heteroatoms. The van der Waals surface area contributed by atoms with Crippen molar-refractivity contribution in [3.05, 3.63) is 65.9 Å². The van der Waals surface area contributed by atoms with Crippen molar-refractivity contribution in [2.75, 3.05) is 18.0 Å². The second-order valence-electron chi connectivity index (χ2n) is 8.52. The summed E-state index contributed by atoms with van der Waals surface area (Å²) >= 11 is 0. The van der Waals surface area contributed by atoms with Crippen molar-refractivity contribution >= 4 is 26.6 Å². The van der Waals surface area contributed by atoms with E-state index >= 15 is 0 Å². The number of alkyl halides is 2. The maximum Gasteiger partial charge on any atom is 0.333 e. The van der Waals surface area contributed by atoms with Crippen molar-refractivity contribution in [2.24, 2.45) is 0 Å². The molecule has 1 saturated heterocycles. The molecule has 8 nitrogen and oxygen atoms in total. The third-order valence-electron chi connectivity index (χ3n) is 6.22. The molecule has 3 heterocycles. The van der Waals surface area contributed by atoms with Gasteiger partial charge in [0.2, 0.25) is 10.0 Å². The van der Waals surface area contributed by atoms with Crippen LogP contribution in [0.25, 0.3) is 16.6 Å². The van der Waals surface area contributed by atoms with Gasteiger partial charge in [-0.25, -0.2) is 26.9 Å². The Morgan fingerprint density at radius 3 is 2.54 bits per heavy atom. The van der Waals surface area contributed by atoms with E-state index in [0.29, 0.717) is 24.2 Å². The van der Waals surface area contributed by atoms with Crippen LogP contribution in [-0.2, 0) is 10.0 Å². The molecule has 35 heavy (non-hydrogen) atoms. The normalized spacial score (nSPS) is 16.6. The maximum atomic E-state index is 13.3. The quantitative estimate of drug-likeness (QED) is 0.430. The predicted molar refractivity (Wildman–Crippen MR) is 125 cm³/mol. The molecular formula is C23H23F3N6O2S. The van der Waals surface area contributed by atoms with Gasteiger partial charge < -0.3 is 4.90 Å². The summed E-state index contributed by atoms with van der Waals surface area (Å²) in [7, 11) is -4.04. The van der Waals surface area contributed by atoms with Gasteiger partial charge in [-0.2, -0.15) is 19.0 Å². The Labute approximate surface area is 200 Å². The number of halogens is 3. The minimum Gasteiger partial charge on any atom is -0.369 e. The fourth-order valence-corrected chi connectivity index (χ4v) is 6.34. The molecule has 0 amide bonds. The van der Waals surface area contributed by atoms with Crippen molar-refractivity contribution in [3.8, 4) is 5.69 Å². The number of sulfonamides is 1. The fraction of sp³-hybridized carbons (Fsp3) is 0.304. The summed E-state index contributed by atoms with van der Waals surface area (Å²) in [5.41, 5.74) is 2.39. The van der Waals surface area contributed by atoms with E-state index < -0.39 is 22.6 Å². The molecule has 5 rings (SSSR count). The Balaban J connectivity index is 1.38. The molecule has 0 unspecified atom stereocenters. The molecule has 2 aromatic carbocycles. The van der Waals surface area contributed by atoms with Crippen LogP contribution in [0, 0.1) is 19.7 Å². The summed E-state index contributed by atoms with van der Waals surface area (Å²) < 4.78 is 70.5. The molecule has 0 radical (unpaired) electrons. The topological polar surface area (TPSA) is 85.1 Å². The van der Waals surface area contributed by atoms with Crippen LogP contribution in [0.15, 0.2) is 53.6 Å². The number of aryl methyl sites for hydroxylation is 1. The zero-order chi connectivity index (χ0) is 24.9. The van der Waals surface area contributed by atoms with Gasteiger partial charge in [0, 0.05) is 30.2 Å². The van der Waals surface area contributed by atoms with Crippen LogP contribution in [0.4, 0.5) is 18.9 Å². The number of rotatable bonds is 6. The van der Waals surface area contributed by atoms with E-state index in [1.165, 1.54) is 26.0 Å².